The summed E-state index contributed by atoms with van der Waals surface area (Å²) in [5, 5.41) is 5.38. The number of nitrogens with one attached hydrogen (secondary N) is 2. The number of hydrogen-bond acceptors (Lipinski definition) is 4. The Balaban J connectivity index is 2.14. The summed E-state index contributed by atoms with van der Waals surface area (Å²) in [6, 6.07) is 5.66. The maximum atomic E-state index is 12.5. The summed E-state index contributed by atoms with van der Waals surface area (Å²) in [6.45, 7) is 5.70. The molecule has 0 bridgehead atoms. The predicted molar refractivity (Wildman–Crippen MR) is 84.9 cm³/mol. The SMILES string of the molecule is C=CCNc1nc(C)cc(C(=O)Nc2ccc(C(F)(F)F)cc2)n1. The first-order valence-electron chi connectivity index (χ1n) is 6.98. The minimum Gasteiger partial charge on any atom is -0.351 e. The van der Waals surface area contributed by atoms with Crippen LogP contribution in [0.2, 0.25) is 0 Å². The number of benzene rings is 1. The Morgan fingerprint density at radius 1 is 1.25 bits per heavy atom. The van der Waals surface area contributed by atoms with Crippen LogP contribution in [0.5, 0.6) is 0 Å². The third-order valence-electron chi connectivity index (χ3n) is 2.96. The molecule has 0 fully saturated rings. The number of hydrogen-bond donors (Lipinski definition) is 2. The lowest BCUT2D eigenvalue weighted by atomic mass is 10.2. The summed E-state index contributed by atoms with van der Waals surface area (Å²) in [7, 11) is 0. The van der Waals surface area contributed by atoms with Gasteiger partial charge in [0.15, 0.2) is 0 Å². The highest BCUT2D eigenvalue weighted by Crippen LogP contribution is 2.29. The van der Waals surface area contributed by atoms with E-state index in [1.165, 1.54) is 18.2 Å². The second-order valence-electron chi connectivity index (χ2n) is 4.92. The Hall–Kier alpha value is -2.90. The predicted octanol–water partition coefficient (Wildman–Crippen LogP) is 3.65. The van der Waals surface area contributed by atoms with Crippen LogP contribution in [0.4, 0.5) is 24.8 Å². The number of alkyl halides is 3. The first-order chi connectivity index (χ1) is 11.3. The molecule has 24 heavy (non-hydrogen) atoms. The van der Waals surface area contributed by atoms with Crippen molar-refractivity contribution in [2.24, 2.45) is 0 Å². The highest BCUT2D eigenvalue weighted by Gasteiger charge is 2.30. The van der Waals surface area contributed by atoms with Gasteiger partial charge in [-0.2, -0.15) is 13.2 Å². The van der Waals surface area contributed by atoms with Crippen molar-refractivity contribution in [2.45, 2.75) is 13.1 Å². The van der Waals surface area contributed by atoms with E-state index in [4.69, 9.17) is 0 Å². The zero-order valence-corrected chi connectivity index (χ0v) is 12.8. The number of carbonyl (C=O) groups is 1. The average Bonchev–Trinajstić information content (AvgIpc) is 2.52. The van der Waals surface area contributed by atoms with Gasteiger partial charge in [-0.15, -0.1) is 6.58 Å². The van der Waals surface area contributed by atoms with Crippen LogP contribution in [-0.2, 0) is 6.18 Å². The van der Waals surface area contributed by atoms with E-state index in [1.807, 2.05) is 0 Å². The average molecular weight is 336 g/mol. The summed E-state index contributed by atoms with van der Waals surface area (Å²) in [5.41, 5.74) is 0.141. The molecule has 0 aliphatic rings. The Morgan fingerprint density at radius 2 is 1.92 bits per heavy atom. The first-order valence-corrected chi connectivity index (χ1v) is 6.98. The first kappa shape index (κ1) is 17.5. The van der Waals surface area contributed by atoms with E-state index in [0.717, 1.165) is 12.1 Å². The Kier molecular flexibility index (Phi) is 5.18. The highest BCUT2D eigenvalue weighted by molar-refractivity contribution is 6.03. The number of anilines is 2. The van der Waals surface area contributed by atoms with Crippen molar-refractivity contribution in [2.75, 3.05) is 17.2 Å². The van der Waals surface area contributed by atoms with Gasteiger partial charge in [-0.25, -0.2) is 9.97 Å². The molecule has 1 heterocycles. The molecule has 2 rings (SSSR count). The third-order valence-corrected chi connectivity index (χ3v) is 2.96. The molecule has 1 aromatic heterocycles. The highest BCUT2D eigenvalue weighted by atomic mass is 19.4. The van der Waals surface area contributed by atoms with E-state index < -0.39 is 17.6 Å². The van der Waals surface area contributed by atoms with Crippen molar-refractivity contribution in [1.82, 2.24) is 9.97 Å². The van der Waals surface area contributed by atoms with Crippen LogP contribution in [0.1, 0.15) is 21.7 Å². The van der Waals surface area contributed by atoms with Crippen molar-refractivity contribution >= 4 is 17.5 Å². The van der Waals surface area contributed by atoms with Gasteiger partial charge in [-0.05, 0) is 37.3 Å². The van der Waals surface area contributed by atoms with Crippen molar-refractivity contribution < 1.29 is 18.0 Å². The van der Waals surface area contributed by atoms with E-state index in [9.17, 15) is 18.0 Å². The summed E-state index contributed by atoms with van der Waals surface area (Å²) < 4.78 is 37.6. The molecule has 0 aliphatic heterocycles. The molecule has 126 valence electrons. The van der Waals surface area contributed by atoms with Crippen LogP contribution in [0.15, 0.2) is 43.0 Å². The van der Waals surface area contributed by atoms with Crippen LogP contribution in [0.25, 0.3) is 0 Å². The molecule has 0 saturated carbocycles. The fourth-order valence-electron chi connectivity index (χ4n) is 1.87. The lowest BCUT2D eigenvalue weighted by Gasteiger charge is -2.09. The molecule has 0 unspecified atom stereocenters. The van der Waals surface area contributed by atoms with E-state index in [-0.39, 0.29) is 17.3 Å². The minimum absolute atomic E-state index is 0.106. The van der Waals surface area contributed by atoms with Crippen molar-refractivity contribution in [3.05, 3.63) is 59.9 Å². The van der Waals surface area contributed by atoms with Crippen LogP contribution < -0.4 is 10.6 Å². The zero-order chi connectivity index (χ0) is 17.7. The van der Waals surface area contributed by atoms with E-state index in [2.05, 4.69) is 27.2 Å². The molecule has 1 amide bonds. The Morgan fingerprint density at radius 3 is 2.50 bits per heavy atom. The van der Waals surface area contributed by atoms with Crippen molar-refractivity contribution in [3.63, 3.8) is 0 Å². The van der Waals surface area contributed by atoms with Gasteiger partial charge in [0.2, 0.25) is 5.95 Å². The molecular formula is C16H15F3N4O. The van der Waals surface area contributed by atoms with Crippen molar-refractivity contribution in [1.29, 1.82) is 0 Å². The number of nitrogens with zero attached hydrogens (tertiary/aromatic N) is 2. The Bertz CT molecular complexity index is 742. The summed E-state index contributed by atoms with van der Waals surface area (Å²) in [4.78, 5) is 20.4. The fraction of sp³-hybridized carbons (Fsp3) is 0.188. The molecule has 2 aromatic rings. The van der Waals surface area contributed by atoms with Crippen LogP contribution in [0, 0.1) is 6.92 Å². The standard InChI is InChI=1S/C16H15F3N4O/c1-3-8-20-15-21-10(2)9-13(23-15)14(24)22-12-6-4-11(5-7-12)16(17,18)19/h3-7,9H,1,8H2,2H3,(H,22,24)(H,20,21,23). The van der Waals surface area contributed by atoms with Gasteiger partial charge in [0.25, 0.3) is 5.91 Å². The minimum atomic E-state index is -4.42. The van der Waals surface area contributed by atoms with Crippen LogP contribution >= 0.6 is 0 Å². The third kappa shape index (κ3) is 4.55. The number of carbonyl (C=O) groups excluding carboxylic acids is 1. The summed E-state index contributed by atoms with van der Waals surface area (Å²) >= 11 is 0. The summed E-state index contributed by atoms with van der Waals surface area (Å²) in [5.74, 6) is -0.269. The molecule has 1 aromatic carbocycles. The fourth-order valence-corrected chi connectivity index (χ4v) is 1.87. The number of halogens is 3. The Labute approximate surface area is 136 Å². The van der Waals surface area contributed by atoms with Crippen LogP contribution in [0.3, 0.4) is 0 Å². The molecule has 0 radical (unpaired) electrons. The number of aromatic nitrogens is 2. The molecule has 5 nitrogen and oxygen atoms in total. The molecule has 0 atom stereocenters. The maximum absolute atomic E-state index is 12.5. The van der Waals surface area contributed by atoms with Gasteiger partial charge in [-0.3, -0.25) is 4.79 Å². The number of aryl methyl sites for hydroxylation is 1. The van der Waals surface area contributed by atoms with E-state index >= 15 is 0 Å². The smallest absolute Gasteiger partial charge is 0.351 e. The second-order valence-corrected chi connectivity index (χ2v) is 4.92. The maximum Gasteiger partial charge on any atom is 0.416 e. The topological polar surface area (TPSA) is 66.9 Å². The molecular weight excluding hydrogens is 321 g/mol. The number of amides is 1. The normalized spacial score (nSPS) is 11.0. The van der Waals surface area contributed by atoms with Gasteiger partial charge in [0, 0.05) is 17.9 Å². The number of rotatable bonds is 5. The van der Waals surface area contributed by atoms with Gasteiger partial charge >= 0.3 is 6.18 Å². The van der Waals surface area contributed by atoms with Gasteiger partial charge in [0.05, 0.1) is 5.56 Å². The molecule has 0 saturated heterocycles. The molecule has 0 aliphatic carbocycles. The monoisotopic (exact) mass is 336 g/mol. The van der Waals surface area contributed by atoms with E-state index in [0.29, 0.717) is 12.2 Å². The van der Waals surface area contributed by atoms with Gasteiger partial charge in [0.1, 0.15) is 5.69 Å². The van der Waals surface area contributed by atoms with Crippen molar-refractivity contribution in [3.8, 4) is 0 Å². The molecule has 2 N–H and O–H groups in total. The lowest BCUT2D eigenvalue weighted by molar-refractivity contribution is -0.137. The largest absolute Gasteiger partial charge is 0.416 e. The van der Waals surface area contributed by atoms with Gasteiger partial charge < -0.3 is 10.6 Å². The quantitative estimate of drug-likeness (QED) is 0.818. The van der Waals surface area contributed by atoms with Crippen LogP contribution in [-0.4, -0.2) is 22.4 Å². The van der Waals surface area contributed by atoms with Gasteiger partial charge in [-0.1, -0.05) is 6.08 Å². The molecule has 8 heteroatoms. The second kappa shape index (κ2) is 7.12. The lowest BCUT2D eigenvalue weighted by Crippen LogP contribution is -2.16. The zero-order valence-electron chi connectivity index (χ0n) is 12.8. The molecule has 0 spiro atoms. The van der Waals surface area contributed by atoms with E-state index in [1.54, 1.807) is 13.0 Å². The summed E-state index contributed by atoms with van der Waals surface area (Å²) in [6.07, 6.45) is -2.80.